The zero-order valence-corrected chi connectivity index (χ0v) is 19.7. The molecule has 0 amide bonds. The molecule has 0 bridgehead atoms. The van der Waals surface area contributed by atoms with Gasteiger partial charge in [0.05, 0.1) is 0 Å². The second-order valence-electron chi connectivity index (χ2n) is 4.38. The third-order valence-corrected chi connectivity index (χ3v) is 3.65. The Morgan fingerprint density at radius 1 is 0.781 bits per heavy atom. The summed E-state index contributed by atoms with van der Waals surface area (Å²) in [6.45, 7) is 25.0. The third kappa shape index (κ3) is 17.7. The van der Waals surface area contributed by atoms with Crippen LogP contribution in [0, 0.1) is 33.3 Å². The van der Waals surface area contributed by atoms with Crippen LogP contribution in [0.4, 0.5) is 0 Å². The number of hydrogen-bond donors (Lipinski definition) is 0. The first-order valence-corrected chi connectivity index (χ1v) is 9.40. The minimum absolute atomic E-state index is 0.380. The van der Waals surface area contributed by atoms with Gasteiger partial charge in [-0.15, -0.1) is 0 Å². The molecule has 8 nitrogen and oxygen atoms in total. The van der Waals surface area contributed by atoms with E-state index in [9.17, 15) is 4.79 Å². The summed E-state index contributed by atoms with van der Waals surface area (Å²) in [5.41, 5.74) is 1.36. The Balaban J connectivity index is -0.000000345. The van der Waals surface area contributed by atoms with Crippen molar-refractivity contribution in [3.8, 4) is 0 Å². The molecule has 0 aromatic heterocycles. The SMILES string of the molecule is CCO[C](=[W])/C=C(\OC(=O)c1ccccc1)c1ccccc1.[C-]#[O+].[C-]#[O+].[C-]#[O+].[C-]#[O+].[C-]#[O+]. The van der Waals surface area contributed by atoms with Gasteiger partial charge in [0, 0.05) is 0 Å². The van der Waals surface area contributed by atoms with Crippen LogP contribution in [0.1, 0.15) is 22.8 Å². The molecule has 0 fully saturated rings. The number of carbonyl (C=O) groups excluding carboxylic acids is 1. The van der Waals surface area contributed by atoms with Gasteiger partial charge in [-0.05, 0) is 0 Å². The normalized spacial score (nSPS) is 7.91. The van der Waals surface area contributed by atoms with Crippen molar-refractivity contribution in [3.05, 3.63) is 111 Å². The Kier molecular flexibility index (Phi) is 34.1. The van der Waals surface area contributed by atoms with Gasteiger partial charge >= 0.3 is 197 Å². The average Bonchev–Trinajstić information content (AvgIpc) is 2.91. The summed E-state index contributed by atoms with van der Waals surface area (Å²) in [6.07, 6.45) is 1.77. The maximum atomic E-state index is 12.3. The standard InChI is InChI=1S/C18H16O3.5CO.W/c1-2-20-14-13-17(15-9-5-3-6-10-15)21-18(19)16-11-7-4-8-12-16;5*1-2;/h3-13H,2H2,1H3;;;;;;/b17-13-;;;;;;. The van der Waals surface area contributed by atoms with E-state index in [0.29, 0.717) is 17.9 Å². The van der Waals surface area contributed by atoms with Crippen molar-refractivity contribution in [1.82, 2.24) is 0 Å². The Hall–Kier alpha value is -3.13. The molecule has 2 rings (SSSR count). The van der Waals surface area contributed by atoms with Crippen molar-refractivity contribution in [2.24, 2.45) is 0 Å². The molecule has 0 spiro atoms. The first-order valence-electron chi connectivity index (χ1n) is 7.94. The van der Waals surface area contributed by atoms with Crippen LogP contribution >= 0.6 is 0 Å². The molecule has 2 aromatic carbocycles. The van der Waals surface area contributed by atoms with Crippen LogP contribution in [0.3, 0.4) is 0 Å². The molecule has 0 heterocycles. The van der Waals surface area contributed by atoms with Gasteiger partial charge in [-0.2, -0.15) is 0 Å². The van der Waals surface area contributed by atoms with Gasteiger partial charge in [0.2, 0.25) is 0 Å². The van der Waals surface area contributed by atoms with Gasteiger partial charge in [0.15, 0.2) is 0 Å². The summed E-state index contributed by atoms with van der Waals surface area (Å²) in [6, 6.07) is 18.5. The number of rotatable bonds is 6. The van der Waals surface area contributed by atoms with Gasteiger partial charge in [0.25, 0.3) is 0 Å². The predicted molar refractivity (Wildman–Crippen MR) is 103 cm³/mol. The van der Waals surface area contributed by atoms with Crippen LogP contribution in [-0.4, -0.2) is 16.7 Å². The van der Waals surface area contributed by atoms with E-state index in [1.807, 2.05) is 55.5 Å². The van der Waals surface area contributed by atoms with Crippen molar-refractivity contribution in [3.63, 3.8) is 0 Å². The van der Waals surface area contributed by atoms with Crippen LogP contribution in [0.15, 0.2) is 66.7 Å². The van der Waals surface area contributed by atoms with E-state index in [0.717, 1.165) is 9.65 Å². The van der Waals surface area contributed by atoms with Gasteiger partial charge in [-0.1, -0.05) is 0 Å². The third-order valence-electron chi connectivity index (χ3n) is 2.81. The van der Waals surface area contributed by atoms with E-state index in [1.165, 1.54) is 19.4 Å². The predicted octanol–water partition coefficient (Wildman–Crippen LogP) is 3.41. The number of esters is 1. The molecule has 162 valence electrons. The van der Waals surface area contributed by atoms with Crippen molar-refractivity contribution >= 4 is 15.8 Å². The molecular formula is C23H16O8W. The summed E-state index contributed by atoms with van der Waals surface area (Å²) >= 11 is 1.18. The van der Waals surface area contributed by atoms with Crippen LogP contribution in [0.25, 0.3) is 5.76 Å². The van der Waals surface area contributed by atoms with Crippen LogP contribution < -0.4 is 0 Å². The van der Waals surface area contributed by atoms with Gasteiger partial charge in [-0.3, -0.25) is 0 Å². The van der Waals surface area contributed by atoms with Crippen LogP contribution in [0.2, 0.25) is 0 Å². The molecule has 0 radical (unpaired) electrons. The summed E-state index contributed by atoms with van der Waals surface area (Å²) < 4.78 is 49.3. The second-order valence-corrected chi connectivity index (χ2v) is 5.83. The van der Waals surface area contributed by atoms with Crippen molar-refractivity contribution < 1.29 is 56.9 Å². The molecule has 2 aromatic rings. The van der Waals surface area contributed by atoms with E-state index in [1.54, 1.807) is 18.2 Å². The number of benzene rings is 2. The fraction of sp³-hybridized carbons (Fsp3) is 0.0870. The van der Waals surface area contributed by atoms with Gasteiger partial charge < -0.3 is 0 Å². The molecule has 0 aliphatic heterocycles. The Morgan fingerprint density at radius 3 is 1.53 bits per heavy atom. The molecule has 0 atom stereocenters. The van der Waals surface area contributed by atoms with Crippen molar-refractivity contribution in [2.75, 3.05) is 6.61 Å². The fourth-order valence-electron chi connectivity index (χ4n) is 1.80. The molecule has 32 heavy (non-hydrogen) atoms. The van der Waals surface area contributed by atoms with E-state index in [-0.39, 0.29) is 5.97 Å². The minimum atomic E-state index is -0.380. The van der Waals surface area contributed by atoms with Crippen molar-refractivity contribution in [1.29, 1.82) is 0 Å². The molecule has 0 aliphatic carbocycles. The van der Waals surface area contributed by atoms with Gasteiger partial charge in [-0.25, -0.2) is 0 Å². The van der Waals surface area contributed by atoms with E-state index in [2.05, 4.69) is 33.3 Å². The number of hydrogen-bond acceptors (Lipinski definition) is 3. The molecular weight excluding hydrogens is 588 g/mol. The summed E-state index contributed by atoms with van der Waals surface area (Å²) in [5, 5.41) is 0. The fourth-order valence-corrected chi connectivity index (χ4v) is 2.61. The molecule has 0 unspecified atom stereocenters. The summed E-state index contributed by atoms with van der Waals surface area (Å²) in [7, 11) is 0. The monoisotopic (exact) mass is 604 g/mol. The molecule has 0 saturated carbocycles. The summed E-state index contributed by atoms with van der Waals surface area (Å²) in [4.78, 5) is 12.3. The van der Waals surface area contributed by atoms with E-state index >= 15 is 0 Å². The molecule has 0 N–H and O–H groups in total. The molecule has 0 saturated heterocycles. The van der Waals surface area contributed by atoms with Gasteiger partial charge in [0.1, 0.15) is 0 Å². The topological polar surface area (TPSA) is 135 Å². The molecule has 9 heteroatoms. The van der Waals surface area contributed by atoms with E-state index in [4.69, 9.17) is 32.7 Å². The number of carbonyl (C=O) groups is 1. The first kappa shape index (κ1) is 36.3. The Bertz CT molecular complexity index is 844. The second kappa shape index (κ2) is 30.1. The molecule has 0 aliphatic rings. The first-order chi connectivity index (χ1) is 15.7. The average molecular weight is 604 g/mol. The van der Waals surface area contributed by atoms with Crippen LogP contribution in [0.5, 0.6) is 0 Å². The zero-order chi connectivity index (χ0) is 25.8. The zero-order valence-electron chi connectivity index (χ0n) is 16.7. The Labute approximate surface area is 197 Å². The van der Waals surface area contributed by atoms with Crippen molar-refractivity contribution in [2.45, 2.75) is 6.92 Å². The van der Waals surface area contributed by atoms with Crippen LogP contribution in [-0.2, 0) is 52.1 Å². The quantitative estimate of drug-likeness (QED) is 0.217. The maximum absolute atomic E-state index is 12.3. The summed E-state index contributed by atoms with van der Waals surface area (Å²) in [5.74, 6) is 0.114. The number of ether oxygens (including phenoxy) is 2. The van der Waals surface area contributed by atoms with E-state index < -0.39 is 0 Å². The Morgan fingerprint density at radius 2 is 1.16 bits per heavy atom.